The third-order valence-corrected chi connectivity index (χ3v) is 8.04. The molecule has 0 aliphatic rings. The van der Waals surface area contributed by atoms with Crippen LogP contribution in [0.1, 0.15) is 27.8 Å². The smallest absolute Gasteiger partial charge is 0.225 e. The molecule has 8 nitrogen and oxygen atoms in total. The number of rotatable bonds is 17. The number of ether oxygens (including phenoxy) is 3. The number of anilines is 1. The fourth-order valence-corrected chi connectivity index (χ4v) is 5.51. The van der Waals surface area contributed by atoms with E-state index in [-0.39, 0.29) is 37.5 Å². The SMILES string of the molecule is C=C(c1coc2c(NCc3ccccc3)nc(Cl)nc12)[C@H](OCc1ccccc1)[C@@H](OCc1ccccc1)C(=O)COCc1ccccc1. The van der Waals surface area contributed by atoms with Crippen LogP contribution in [0.4, 0.5) is 5.82 Å². The average Bonchev–Trinajstić information content (AvgIpc) is 3.57. The van der Waals surface area contributed by atoms with Gasteiger partial charge in [-0.15, -0.1) is 0 Å². The maximum atomic E-state index is 14.0. The largest absolute Gasteiger partial charge is 0.458 e. The minimum Gasteiger partial charge on any atom is -0.458 e. The normalized spacial score (nSPS) is 12.4. The Bertz CT molecular complexity index is 1950. The van der Waals surface area contributed by atoms with Gasteiger partial charge in [0.2, 0.25) is 5.28 Å². The molecule has 0 spiro atoms. The summed E-state index contributed by atoms with van der Waals surface area (Å²) in [7, 11) is 0. The first-order valence-electron chi connectivity index (χ1n) is 15.9. The fraction of sp³-hybridized carbons (Fsp3) is 0.175. The van der Waals surface area contributed by atoms with Crippen LogP contribution in [-0.4, -0.2) is 34.6 Å². The lowest BCUT2D eigenvalue weighted by Gasteiger charge is -2.28. The molecule has 0 radical (unpaired) electrons. The van der Waals surface area contributed by atoms with E-state index in [1.54, 1.807) is 0 Å². The van der Waals surface area contributed by atoms with Gasteiger partial charge in [-0.1, -0.05) is 128 Å². The second-order valence-corrected chi connectivity index (χ2v) is 11.7. The first-order chi connectivity index (χ1) is 24.0. The van der Waals surface area contributed by atoms with Crippen LogP contribution in [0.25, 0.3) is 16.7 Å². The summed E-state index contributed by atoms with van der Waals surface area (Å²) < 4.78 is 24.8. The van der Waals surface area contributed by atoms with Crippen LogP contribution in [0, 0.1) is 0 Å². The second-order valence-electron chi connectivity index (χ2n) is 11.4. The molecule has 0 aliphatic heterocycles. The molecule has 4 aromatic carbocycles. The summed E-state index contributed by atoms with van der Waals surface area (Å²) in [6.45, 7) is 5.36. The zero-order valence-electron chi connectivity index (χ0n) is 26.8. The van der Waals surface area contributed by atoms with Crippen LogP contribution in [0.5, 0.6) is 0 Å². The highest BCUT2D eigenvalue weighted by Crippen LogP contribution is 2.34. The van der Waals surface area contributed by atoms with Crippen molar-refractivity contribution in [2.75, 3.05) is 11.9 Å². The molecule has 6 aromatic rings. The van der Waals surface area contributed by atoms with Gasteiger partial charge in [-0.3, -0.25) is 4.79 Å². The van der Waals surface area contributed by atoms with E-state index in [2.05, 4.69) is 21.9 Å². The Morgan fingerprint density at radius 1 is 0.714 bits per heavy atom. The fourth-order valence-electron chi connectivity index (χ4n) is 5.34. The number of carbonyl (C=O) groups excluding carboxylic acids is 1. The quantitative estimate of drug-likeness (QED) is 0.0964. The minimum absolute atomic E-state index is 0.0301. The van der Waals surface area contributed by atoms with Crippen molar-refractivity contribution in [1.82, 2.24) is 9.97 Å². The van der Waals surface area contributed by atoms with Crippen LogP contribution in [-0.2, 0) is 45.4 Å². The van der Waals surface area contributed by atoms with Crippen LogP contribution in [0.2, 0.25) is 5.28 Å². The molecule has 0 saturated carbocycles. The van der Waals surface area contributed by atoms with Crippen molar-refractivity contribution in [3.05, 3.63) is 167 Å². The number of benzene rings is 4. The van der Waals surface area contributed by atoms with Crippen molar-refractivity contribution < 1.29 is 23.4 Å². The maximum absolute atomic E-state index is 14.0. The lowest BCUT2D eigenvalue weighted by molar-refractivity contribution is -0.145. The number of fused-ring (bicyclic) bond motifs is 1. The van der Waals surface area contributed by atoms with E-state index in [1.165, 1.54) is 6.26 Å². The van der Waals surface area contributed by atoms with Crippen molar-refractivity contribution in [3.63, 3.8) is 0 Å². The van der Waals surface area contributed by atoms with Gasteiger partial charge in [-0.05, 0) is 39.4 Å². The molecule has 0 saturated heterocycles. The lowest BCUT2D eigenvalue weighted by Crippen LogP contribution is -2.41. The Hall–Kier alpha value is -5.12. The number of nitrogens with one attached hydrogen (secondary N) is 1. The second kappa shape index (κ2) is 16.8. The molecule has 1 N–H and O–H groups in total. The number of Topliss-reactive ketones (excluding diaryl/α,β-unsaturated/α-hetero) is 1. The molecule has 49 heavy (non-hydrogen) atoms. The summed E-state index contributed by atoms with van der Waals surface area (Å²) in [4.78, 5) is 22.9. The van der Waals surface area contributed by atoms with Gasteiger partial charge in [0.1, 0.15) is 30.6 Å². The minimum atomic E-state index is -1.08. The Morgan fingerprint density at radius 3 is 1.80 bits per heavy atom. The van der Waals surface area contributed by atoms with Gasteiger partial charge in [-0.2, -0.15) is 4.98 Å². The van der Waals surface area contributed by atoms with E-state index in [1.807, 2.05) is 121 Å². The van der Waals surface area contributed by atoms with E-state index in [4.69, 9.17) is 30.2 Å². The number of aromatic nitrogens is 2. The predicted molar refractivity (Wildman–Crippen MR) is 191 cm³/mol. The van der Waals surface area contributed by atoms with Gasteiger partial charge in [0, 0.05) is 12.1 Å². The van der Waals surface area contributed by atoms with E-state index >= 15 is 0 Å². The number of hydrogen-bond donors (Lipinski definition) is 1. The number of nitrogens with zero attached hydrogens (tertiary/aromatic N) is 2. The summed E-state index contributed by atoms with van der Waals surface area (Å²) in [5.74, 6) is 0.138. The molecule has 248 valence electrons. The van der Waals surface area contributed by atoms with Gasteiger partial charge in [-0.25, -0.2) is 4.98 Å². The van der Waals surface area contributed by atoms with Gasteiger partial charge in [0.25, 0.3) is 0 Å². The Morgan fingerprint density at radius 2 is 1.22 bits per heavy atom. The van der Waals surface area contributed by atoms with E-state index in [0.717, 1.165) is 22.3 Å². The van der Waals surface area contributed by atoms with Gasteiger partial charge in [0.15, 0.2) is 17.2 Å². The molecule has 2 atom stereocenters. The summed E-state index contributed by atoms with van der Waals surface area (Å²) in [5, 5.41) is 3.33. The summed E-state index contributed by atoms with van der Waals surface area (Å²) in [6.07, 6.45) is -0.480. The van der Waals surface area contributed by atoms with Crippen LogP contribution in [0.15, 0.2) is 139 Å². The van der Waals surface area contributed by atoms with Gasteiger partial charge < -0.3 is 23.9 Å². The maximum Gasteiger partial charge on any atom is 0.225 e. The topological polar surface area (TPSA) is 95.7 Å². The van der Waals surface area contributed by atoms with Crippen molar-refractivity contribution in [2.24, 2.45) is 0 Å². The van der Waals surface area contributed by atoms with Crippen molar-refractivity contribution in [1.29, 1.82) is 0 Å². The highest BCUT2D eigenvalue weighted by molar-refractivity contribution is 6.28. The Kier molecular flexibility index (Phi) is 11.6. The molecule has 0 fully saturated rings. The van der Waals surface area contributed by atoms with Crippen molar-refractivity contribution in [2.45, 2.75) is 38.6 Å². The molecule has 0 amide bonds. The van der Waals surface area contributed by atoms with Crippen LogP contribution < -0.4 is 5.32 Å². The molecule has 2 aromatic heterocycles. The first-order valence-corrected chi connectivity index (χ1v) is 16.3. The molecular formula is C40H36ClN3O5. The van der Waals surface area contributed by atoms with E-state index < -0.39 is 12.2 Å². The molecule has 0 aliphatic carbocycles. The lowest BCUT2D eigenvalue weighted by atomic mass is 9.96. The molecule has 9 heteroatoms. The zero-order chi connectivity index (χ0) is 33.8. The highest BCUT2D eigenvalue weighted by Gasteiger charge is 2.35. The molecular weight excluding hydrogens is 638 g/mol. The Balaban J connectivity index is 1.31. The number of halogens is 1. The van der Waals surface area contributed by atoms with Crippen LogP contribution >= 0.6 is 11.6 Å². The zero-order valence-corrected chi connectivity index (χ0v) is 27.6. The number of hydrogen-bond acceptors (Lipinski definition) is 8. The monoisotopic (exact) mass is 673 g/mol. The third-order valence-electron chi connectivity index (χ3n) is 7.87. The molecule has 2 heterocycles. The number of carbonyl (C=O) groups is 1. The molecule has 0 bridgehead atoms. The summed E-state index contributed by atoms with van der Waals surface area (Å²) >= 11 is 6.44. The predicted octanol–water partition coefficient (Wildman–Crippen LogP) is 8.46. The Labute approximate surface area is 290 Å². The average molecular weight is 674 g/mol. The summed E-state index contributed by atoms with van der Waals surface area (Å²) in [6, 6.07) is 38.9. The van der Waals surface area contributed by atoms with Crippen LogP contribution in [0.3, 0.4) is 0 Å². The highest BCUT2D eigenvalue weighted by atomic mass is 35.5. The van der Waals surface area contributed by atoms with Gasteiger partial charge >= 0.3 is 0 Å². The first kappa shape index (κ1) is 33.8. The van der Waals surface area contributed by atoms with Crippen molar-refractivity contribution in [3.8, 4) is 0 Å². The molecule has 6 rings (SSSR count). The number of ketones is 1. The van der Waals surface area contributed by atoms with E-state index in [0.29, 0.717) is 34.6 Å². The number of furan rings is 1. The van der Waals surface area contributed by atoms with E-state index in [9.17, 15) is 4.79 Å². The third kappa shape index (κ3) is 9.07. The van der Waals surface area contributed by atoms with Crippen molar-refractivity contribution >= 4 is 39.9 Å². The standard InChI is InChI=1S/C40H36ClN3O5/c1-28(33-26-49-38-35(33)43-40(41)44-39(38)42-22-29-14-6-2-7-15-29)36(47-24-31-18-10-4-11-19-31)37(48-25-32-20-12-5-13-21-32)34(45)27-46-23-30-16-8-3-9-17-30/h2-21,26,36-37H,1,22-25,27H2,(H,42,43,44)/t36-,37-/m0/s1. The van der Waals surface area contributed by atoms with Gasteiger partial charge in [0.05, 0.1) is 19.8 Å². The summed E-state index contributed by atoms with van der Waals surface area (Å²) in [5.41, 5.74) is 5.63. The molecule has 0 unspecified atom stereocenters.